The van der Waals surface area contributed by atoms with Gasteiger partial charge in [-0.15, -0.1) is 0 Å². The van der Waals surface area contributed by atoms with Gasteiger partial charge in [-0.05, 0) is 0 Å². The van der Waals surface area contributed by atoms with E-state index in [4.69, 9.17) is 9.90 Å². The molecule has 0 unspecified atom stereocenters. The summed E-state index contributed by atoms with van der Waals surface area (Å²) in [6, 6.07) is 0. The van der Waals surface area contributed by atoms with E-state index in [-0.39, 0.29) is 8.41 Å². The quantitative estimate of drug-likeness (QED) is 0.370. The molecule has 0 amide bonds. The molecule has 0 spiro atoms. The summed E-state index contributed by atoms with van der Waals surface area (Å²) in [5, 5.41) is 7.42. The van der Waals surface area contributed by atoms with E-state index in [1.165, 1.54) is 0 Å². The third-order valence-electron chi connectivity index (χ3n) is 0. The van der Waals surface area contributed by atoms with Crippen molar-refractivity contribution in [3.8, 4) is 0 Å². The molecule has 0 aromatic rings. The van der Waals surface area contributed by atoms with Crippen LogP contribution in [0, 0.1) is 0 Å². The van der Waals surface area contributed by atoms with Crippen LogP contribution in [-0.4, -0.2) is 19.5 Å². The molecule has 0 aromatic carbocycles. The normalized spacial score (nSPS) is 5.00. The van der Waals surface area contributed by atoms with Gasteiger partial charge in [-0.2, -0.15) is 0 Å². The van der Waals surface area contributed by atoms with E-state index in [1.807, 2.05) is 0 Å². The fraction of sp³-hybridized carbons (Fsp3) is 0.500. The van der Waals surface area contributed by atoms with Crippen molar-refractivity contribution in [3.05, 3.63) is 0 Å². The van der Waals surface area contributed by atoms with E-state index in [0.29, 0.717) is 0 Å². The van der Waals surface area contributed by atoms with E-state index >= 15 is 0 Å². The van der Waals surface area contributed by atoms with E-state index < -0.39 is 5.97 Å². The number of rotatable bonds is 0. The first-order chi connectivity index (χ1) is 1.73. The first-order valence-corrected chi connectivity index (χ1v) is 0.928. The van der Waals surface area contributed by atoms with Crippen LogP contribution in [0.5, 0.6) is 0 Å². The first kappa shape index (κ1) is 8.82. The van der Waals surface area contributed by atoms with Gasteiger partial charge in [0, 0.05) is 6.92 Å². The Hall–Kier alpha value is -0.465. The van der Waals surface area contributed by atoms with Crippen LogP contribution in [0.25, 0.3) is 0 Å². The molecule has 0 aromatic heterocycles. The summed E-state index contributed by atoms with van der Waals surface area (Å²) < 4.78 is 0. The van der Waals surface area contributed by atoms with Crippen molar-refractivity contribution in [2.45, 2.75) is 6.92 Å². The van der Waals surface area contributed by atoms with Crippen molar-refractivity contribution in [2.75, 3.05) is 0 Å². The van der Waals surface area contributed by atoms with Crippen LogP contribution in [0.2, 0.25) is 0 Å². The summed E-state index contributed by atoms with van der Waals surface area (Å²) in [5.74, 6) is -0.833. The van der Waals surface area contributed by atoms with Crippen molar-refractivity contribution >= 4 is 14.4 Å². The minimum atomic E-state index is -0.833. The summed E-state index contributed by atoms with van der Waals surface area (Å²) in [6.07, 6.45) is 0. The van der Waals surface area contributed by atoms with Gasteiger partial charge in [-0.25, -0.2) is 0 Å². The fourth-order valence-corrected chi connectivity index (χ4v) is 0. The predicted molar refractivity (Wildman–Crippen MR) is 23.2 cm³/mol. The second kappa shape index (κ2) is 3.53. The fourth-order valence-electron chi connectivity index (χ4n) is 0. The Bertz CT molecular complexity index is 30.6. The lowest BCUT2D eigenvalue weighted by molar-refractivity contribution is -0.134. The smallest absolute Gasteiger partial charge is 0.300 e. The van der Waals surface area contributed by atoms with Crippen LogP contribution in [0.3, 0.4) is 0 Å². The Morgan fingerprint density at radius 1 is 1.80 bits per heavy atom. The van der Waals surface area contributed by atoms with E-state index in [2.05, 4.69) is 0 Å². The number of hydrogen-bond donors (Lipinski definition) is 1. The molecule has 1 N–H and O–H groups in total. The van der Waals surface area contributed by atoms with E-state index in [9.17, 15) is 0 Å². The number of aliphatic carboxylic acids is 1. The van der Waals surface area contributed by atoms with Crippen molar-refractivity contribution in [1.29, 1.82) is 0 Å². The second-order valence-electron chi connectivity index (χ2n) is 0.519. The average molecular weight is 73.9 g/mol. The van der Waals surface area contributed by atoms with Gasteiger partial charge < -0.3 is 5.11 Å². The third-order valence-corrected chi connectivity index (χ3v) is 0. The van der Waals surface area contributed by atoms with Crippen LogP contribution in [0.15, 0.2) is 0 Å². The highest BCUT2D eigenvalue weighted by Crippen LogP contribution is 1.42. The van der Waals surface area contributed by atoms with Gasteiger partial charge >= 0.3 is 0 Å². The maximum Gasteiger partial charge on any atom is 0.300 e. The zero-order valence-electron chi connectivity index (χ0n) is 2.36. The summed E-state index contributed by atoms with van der Waals surface area (Å²) in [6.45, 7) is 1.08. The van der Waals surface area contributed by atoms with Crippen molar-refractivity contribution in [2.24, 2.45) is 0 Å². The van der Waals surface area contributed by atoms with Gasteiger partial charge in [0.2, 0.25) is 0 Å². The van der Waals surface area contributed by atoms with Crippen molar-refractivity contribution < 1.29 is 9.90 Å². The topological polar surface area (TPSA) is 37.3 Å². The summed E-state index contributed by atoms with van der Waals surface area (Å²) >= 11 is 0. The van der Waals surface area contributed by atoms with Gasteiger partial charge in [0.05, 0.1) is 8.41 Å². The number of carbonyl (C=O) groups is 1. The molecule has 2 nitrogen and oxygen atoms in total. The SMILES string of the molecule is B.CC(=O)O. The Morgan fingerprint density at radius 2 is 1.80 bits per heavy atom. The van der Waals surface area contributed by atoms with Crippen LogP contribution < -0.4 is 0 Å². The number of hydrogen-bond acceptors (Lipinski definition) is 1. The lowest BCUT2D eigenvalue weighted by Crippen LogP contribution is -1.78. The van der Waals surface area contributed by atoms with Crippen molar-refractivity contribution in [1.82, 2.24) is 0 Å². The molecule has 0 fully saturated rings. The molecule has 0 aliphatic heterocycles. The third kappa shape index (κ3) is 38.5. The zero-order chi connectivity index (χ0) is 3.58. The largest absolute Gasteiger partial charge is 0.481 e. The molecule has 0 heterocycles. The maximum absolute atomic E-state index is 9.00. The molecule has 0 atom stereocenters. The molecule has 0 aliphatic rings. The number of carboxylic acid groups (broad SMARTS) is 1. The molecule has 0 aliphatic carbocycles. The molecular formula is C2H7BO2. The van der Waals surface area contributed by atoms with Gasteiger partial charge in [0.25, 0.3) is 5.97 Å². The zero-order valence-corrected chi connectivity index (χ0v) is 2.36. The van der Waals surface area contributed by atoms with Crippen LogP contribution in [0.1, 0.15) is 6.92 Å². The summed E-state index contributed by atoms with van der Waals surface area (Å²) in [4.78, 5) is 9.00. The molecule has 30 valence electrons. The monoisotopic (exact) mass is 74.1 g/mol. The van der Waals surface area contributed by atoms with Crippen LogP contribution in [0.4, 0.5) is 0 Å². The van der Waals surface area contributed by atoms with E-state index in [0.717, 1.165) is 6.92 Å². The Kier molecular flexibility index (Phi) is 6.23. The molecule has 3 heteroatoms. The summed E-state index contributed by atoms with van der Waals surface area (Å²) in [5.41, 5.74) is 0. The van der Waals surface area contributed by atoms with Crippen LogP contribution >= 0.6 is 0 Å². The molecule has 0 saturated heterocycles. The first-order valence-electron chi connectivity index (χ1n) is 0.928. The number of carboxylic acids is 1. The molecule has 0 saturated carbocycles. The molecule has 5 heavy (non-hydrogen) atoms. The van der Waals surface area contributed by atoms with Gasteiger partial charge in [0.15, 0.2) is 0 Å². The lowest BCUT2D eigenvalue weighted by atomic mass is 10.8. The lowest BCUT2D eigenvalue weighted by Gasteiger charge is -1.59. The highest BCUT2D eigenvalue weighted by Gasteiger charge is 1.65. The highest BCUT2D eigenvalue weighted by atomic mass is 16.4. The van der Waals surface area contributed by atoms with Gasteiger partial charge in [0.1, 0.15) is 0 Å². The Balaban J connectivity index is 0. The van der Waals surface area contributed by atoms with Crippen molar-refractivity contribution in [3.63, 3.8) is 0 Å². The molecule has 0 rings (SSSR count). The van der Waals surface area contributed by atoms with Gasteiger partial charge in [-0.3, -0.25) is 4.79 Å². The maximum atomic E-state index is 9.00. The molecular weight excluding hydrogens is 66.8 g/mol. The second-order valence-corrected chi connectivity index (χ2v) is 0.519. The van der Waals surface area contributed by atoms with E-state index in [1.54, 1.807) is 0 Å². The average Bonchev–Trinajstić information content (AvgIpc) is 0.811. The predicted octanol–water partition coefficient (Wildman–Crippen LogP) is -1.09. The Labute approximate surface area is 32.4 Å². The minimum Gasteiger partial charge on any atom is -0.481 e. The van der Waals surface area contributed by atoms with Gasteiger partial charge in [-0.1, -0.05) is 0 Å². The highest BCUT2D eigenvalue weighted by molar-refractivity contribution is 5.75. The standard InChI is InChI=1S/C2H4O2.BH3/c1-2(3)4;/h1H3,(H,3,4);1H3. The Morgan fingerprint density at radius 3 is 1.80 bits per heavy atom. The van der Waals surface area contributed by atoms with Crippen LogP contribution in [-0.2, 0) is 4.79 Å². The summed E-state index contributed by atoms with van der Waals surface area (Å²) in [7, 11) is 0. The minimum absolute atomic E-state index is 0. The molecule has 0 radical (unpaired) electrons. The molecule has 0 bridgehead atoms.